The molecule has 1 fully saturated rings. The van der Waals surface area contributed by atoms with Crippen molar-refractivity contribution in [1.82, 2.24) is 0 Å². The fraction of sp³-hybridized carbons (Fsp3) is 0.625. The Bertz CT molecular complexity index is 384. The second-order valence-electron chi connectivity index (χ2n) is 5.03. The van der Waals surface area contributed by atoms with Gasteiger partial charge in [-0.2, -0.15) is 0 Å². The minimum atomic E-state index is 0.598. The molecule has 0 bridgehead atoms. The Balaban J connectivity index is 1.86. The molecule has 6 nitrogen and oxygen atoms in total. The van der Waals surface area contributed by atoms with E-state index in [9.17, 15) is 0 Å². The van der Waals surface area contributed by atoms with Gasteiger partial charge < -0.3 is 29.6 Å². The Morgan fingerprint density at radius 2 is 1.05 bits per heavy atom. The van der Waals surface area contributed by atoms with Crippen LogP contribution in [0, 0.1) is 0 Å². The van der Waals surface area contributed by atoms with Gasteiger partial charge in [0.25, 0.3) is 0 Å². The van der Waals surface area contributed by atoms with Crippen molar-refractivity contribution in [2.45, 2.75) is 0 Å². The SMILES string of the molecule is Nc1ccc(N2CCOCCOCCOCCOCC2)cc1. The molecule has 0 aliphatic carbocycles. The molecule has 0 aromatic heterocycles. The molecule has 0 amide bonds. The Labute approximate surface area is 132 Å². The number of benzene rings is 1. The minimum Gasteiger partial charge on any atom is -0.399 e. The molecule has 1 aliphatic heterocycles. The number of anilines is 2. The van der Waals surface area contributed by atoms with Crippen molar-refractivity contribution in [2.24, 2.45) is 0 Å². The molecule has 1 heterocycles. The van der Waals surface area contributed by atoms with Gasteiger partial charge in [0.15, 0.2) is 0 Å². The number of nitrogens with zero attached hydrogens (tertiary/aromatic N) is 1. The summed E-state index contributed by atoms with van der Waals surface area (Å²) in [5.41, 5.74) is 7.64. The van der Waals surface area contributed by atoms with Gasteiger partial charge in [-0.1, -0.05) is 0 Å². The second kappa shape index (κ2) is 10.4. The third-order valence-corrected chi connectivity index (χ3v) is 3.39. The van der Waals surface area contributed by atoms with Crippen molar-refractivity contribution < 1.29 is 18.9 Å². The lowest BCUT2D eigenvalue weighted by atomic mass is 10.2. The molecule has 2 rings (SSSR count). The predicted molar refractivity (Wildman–Crippen MR) is 86.3 cm³/mol. The van der Waals surface area contributed by atoms with Crippen molar-refractivity contribution in [3.8, 4) is 0 Å². The van der Waals surface area contributed by atoms with Crippen LogP contribution in [0.5, 0.6) is 0 Å². The Hall–Kier alpha value is -1.34. The average Bonchev–Trinajstić information content (AvgIpc) is 2.54. The predicted octanol–water partition coefficient (Wildman–Crippen LogP) is 1.16. The molecule has 124 valence electrons. The standard InChI is InChI=1S/C16H26N2O4/c17-15-1-3-16(4-2-15)18-5-7-19-9-11-21-13-14-22-12-10-20-8-6-18/h1-4H,5-14,17H2. The van der Waals surface area contributed by atoms with Crippen LogP contribution in [0.15, 0.2) is 24.3 Å². The van der Waals surface area contributed by atoms with E-state index in [4.69, 9.17) is 24.7 Å². The van der Waals surface area contributed by atoms with Crippen LogP contribution in [0.2, 0.25) is 0 Å². The van der Waals surface area contributed by atoms with E-state index in [0.717, 1.165) is 24.5 Å². The third-order valence-electron chi connectivity index (χ3n) is 3.39. The normalized spacial score (nSPS) is 20.1. The molecule has 0 saturated carbocycles. The van der Waals surface area contributed by atoms with Crippen LogP contribution in [0.25, 0.3) is 0 Å². The first kappa shape index (κ1) is 17.0. The zero-order chi connectivity index (χ0) is 15.5. The monoisotopic (exact) mass is 310 g/mol. The maximum atomic E-state index is 5.75. The van der Waals surface area contributed by atoms with E-state index in [1.807, 2.05) is 24.3 Å². The van der Waals surface area contributed by atoms with Gasteiger partial charge in [0.05, 0.1) is 52.9 Å². The maximum Gasteiger partial charge on any atom is 0.0701 e. The van der Waals surface area contributed by atoms with Crippen LogP contribution < -0.4 is 10.6 Å². The van der Waals surface area contributed by atoms with E-state index in [0.29, 0.717) is 52.9 Å². The number of rotatable bonds is 1. The summed E-state index contributed by atoms with van der Waals surface area (Å²) in [5, 5.41) is 0. The molecular weight excluding hydrogens is 284 g/mol. The number of hydrogen-bond acceptors (Lipinski definition) is 6. The van der Waals surface area contributed by atoms with E-state index in [1.165, 1.54) is 0 Å². The number of nitrogens with two attached hydrogens (primary N) is 1. The highest BCUT2D eigenvalue weighted by Gasteiger charge is 2.07. The number of ether oxygens (including phenoxy) is 4. The molecule has 1 aromatic carbocycles. The van der Waals surface area contributed by atoms with Gasteiger partial charge in [0.1, 0.15) is 0 Å². The minimum absolute atomic E-state index is 0.598. The molecule has 1 saturated heterocycles. The smallest absolute Gasteiger partial charge is 0.0701 e. The van der Waals surface area contributed by atoms with Crippen LogP contribution in [0.3, 0.4) is 0 Å². The lowest BCUT2D eigenvalue weighted by molar-refractivity contribution is 0.00206. The van der Waals surface area contributed by atoms with Crippen LogP contribution in [0.1, 0.15) is 0 Å². The van der Waals surface area contributed by atoms with Gasteiger partial charge in [0, 0.05) is 24.5 Å². The summed E-state index contributed by atoms with van der Waals surface area (Å²) in [7, 11) is 0. The summed E-state index contributed by atoms with van der Waals surface area (Å²) in [6.45, 7) is 6.53. The van der Waals surface area contributed by atoms with E-state index < -0.39 is 0 Å². The molecule has 0 unspecified atom stereocenters. The zero-order valence-electron chi connectivity index (χ0n) is 13.0. The summed E-state index contributed by atoms with van der Waals surface area (Å²) in [4.78, 5) is 2.24. The number of hydrogen-bond donors (Lipinski definition) is 1. The Morgan fingerprint density at radius 1 is 0.636 bits per heavy atom. The summed E-state index contributed by atoms with van der Waals surface area (Å²) in [6, 6.07) is 7.87. The van der Waals surface area contributed by atoms with Crippen molar-refractivity contribution in [3.63, 3.8) is 0 Å². The van der Waals surface area contributed by atoms with E-state index >= 15 is 0 Å². The van der Waals surface area contributed by atoms with Crippen molar-refractivity contribution >= 4 is 11.4 Å². The summed E-state index contributed by atoms with van der Waals surface area (Å²) in [6.07, 6.45) is 0. The quantitative estimate of drug-likeness (QED) is 0.785. The van der Waals surface area contributed by atoms with Gasteiger partial charge in [-0.15, -0.1) is 0 Å². The summed E-state index contributed by atoms with van der Waals surface area (Å²) >= 11 is 0. The van der Waals surface area contributed by atoms with Crippen LogP contribution in [-0.4, -0.2) is 65.9 Å². The fourth-order valence-electron chi connectivity index (χ4n) is 2.17. The molecule has 2 N–H and O–H groups in total. The first-order chi connectivity index (χ1) is 10.9. The topological polar surface area (TPSA) is 66.2 Å². The van der Waals surface area contributed by atoms with Gasteiger partial charge in [-0.3, -0.25) is 0 Å². The van der Waals surface area contributed by atoms with E-state index in [2.05, 4.69) is 4.90 Å². The molecule has 0 atom stereocenters. The van der Waals surface area contributed by atoms with Gasteiger partial charge >= 0.3 is 0 Å². The fourth-order valence-corrected chi connectivity index (χ4v) is 2.17. The van der Waals surface area contributed by atoms with Gasteiger partial charge in [0.2, 0.25) is 0 Å². The molecule has 22 heavy (non-hydrogen) atoms. The molecule has 0 radical (unpaired) electrons. The molecule has 1 aliphatic rings. The highest BCUT2D eigenvalue weighted by molar-refractivity contribution is 5.53. The van der Waals surface area contributed by atoms with Crippen molar-refractivity contribution in [3.05, 3.63) is 24.3 Å². The zero-order valence-corrected chi connectivity index (χ0v) is 13.0. The highest BCUT2D eigenvalue weighted by Crippen LogP contribution is 2.16. The molecule has 0 spiro atoms. The van der Waals surface area contributed by atoms with Crippen LogP contribution in [-0.2, 0) is 18.9 Å². The summed E-state index contributed by atoms with van der Waals surface area (Å²) in [5.74, 6) is 0. The van der Waals surface area contributed by atoms with Gasteiger partial charge in [-0.25, -0.2) is 0 Å². The largest absolute Gasteiger partial charge is 0.399 e. The number of nitrogen functional groups attached to an aromatic ring is 1. The molecule has 1 aromatic rings. The lowest BCUT2D eigenvalue weighted by Gasteiger charge is -2.25. The Morgan fingerprint density at radius 3 is 1.50 bits per heavy atom. The summed E-state index contributed by atoms with van der Waals surface area (Å²) < 4.78 is 22.1. The van der Waals surface area contributed by atoms with Crippen molar-refractivity contribution in [1.29, 1.82) is 0 Å². The van der Waals surface area contributed by atoms with Crippen molar-refractivity contribution in [2.75, 3.05) is 76.6 Å². The van der Waals surface area contributed by atoms with E-state index in [-0.39, 0.29) is 0 Å². The van der Waals surface area contributed by atoms with Crippen LogP contribution >= 0.6 is 0 Å². The average molecular weight is 310 g/mol. The van der Waals surface area contributed by atoms with Crippen LogP contribution in [0.4, 0.5) is 11.4 Å². The first-order valence-electron chi connectivity index (χ1n) is 7.78. The van der Waals surface area contributed by atoms with Gasteiger partial charge in [-0.05, 0) is 24.3 Å². The lowest BCUT2D eigenvalue weighted by Crippen LogP contribution is -2.31. The highest BCUT2D eigenvalue weighted by atomic mass is 16.6. The van der Waals surface area contributed by atoms with E-state index in [1.54, 1.807) is 0 Å². The third kappa shape index (κ3) is 6.62. The first-order valence-corrected chi connectivity index (χ1v) is 7.78. The Kier molecular flexibility index (Phi) is 8.04. The maximum absolute atomic E-state index is 5.75. The molecule has 6 heteroatoms. The molecular formula is C16H26N2O4. The second-order valence-corrected chi connectivity index (χ2v) is 5.03.